The zero-order valence-electron chi connectivity index (χ0n) is 19.0. The SMILES string of the molecule is COc1ccc(CON2C[C@H]([C@@]3(O)C=C[C@@H](O[Si](C)(C)C(C)(C)C)CC3)C2=O)cc1. The van der Waals surface area contributed by atoms with Crippen LogP contribution in [0.4, 0.5) is 0 Å². The Morgan fingerprint density at radius 1 is 1.23 bits per heavy atom. The molecule has 0 bridgehead atoms. The summed E-state index contributed by atoms with van der Waals surface area (Å²) in [4.78, 5) is 18.2. The molecule has 1 aliphatic carbocycles. The summed E-state index contributed by atoms with van der Waals surface area (Å²) >= 11 is 0. The third-order valence-corrected chi connectivity index (χ3v) is 11.2. The normalized spacial score (nSPS) is 27.2. The number of hydrogen-bond acceptors (Lipinski definition) is 5. The summed E-state index contributed by atoms with van der Waals surface area (Å²) in [6, 6.07) is 7.52. The Labute approximate surface area is 180 Å². The molecule has 0 saturated carbocycles. The van der Waals surface area contributed by atoms with E-state index in [9.17, 15) is 9.90 Å². The van der Waals surface area contributed by atoms with Crippen LogP contribution >= 0.6 is 0 Å². The van der Waals surface area contributed by atoms with Crippen LogP contribution in [0.25, 0.3) is 0 Å². The van der Waals surface area contributed by atoms with Crippen LogP contribution in [0.3, 0.4) is 0 Å². The monoisotopic (exact) mass is 433 g/mol. The number of benzene rings is 1. The van der Waals surface area contributed by atoms with E-state index in [-0.39, 0.29) is 17.0 Å². The summed E-state index contributed by atoms with van der Waals surface area (Å²) in [6.07, 6.45) is 4.96. The van der Waals surface area contributed by atoms with E-state index < -0.39 is 19.8 Å². The Kier molecular flexibility index (Phi) is 6.48. The van der Waals surface area contributed by atoms with Crippen molar-refractivity contribution in [1.29, 1.82) is 0 Å². The molecule has 0 radical (unpaired) electrons. The molecule has 6 nitrogen and oxygen atoms in total. The number of nitrogens with zero attached hydrogens (tertiary/aromatic N) is 1. The summed E-state index contributed by atoms with van der Waals surface area (Å²) in [5.74, 6) is 0.152. The van der Waals surface area contributed by atoms with Gasteiger partial charge in [-0.05, 0) is 48.7 Å². The van der Waals surface area contributed by atoms with Crippen LogP contribution in [0.5, 0.6) is 5.75 Å². The van der Waals surface area contributed by atoms with Crippen LogP contribution in [0.15, 0.2) is 36.4 Å². The van der Waals surface area contributed by atoms with Crippen LogP contribution in [0.1, 0.15) is 39.2 Å². The molecule has 0 unspecified atom stereocenters. The minimum Gasteiger partial charge on any atom is -0.497 e. The molecule has 1 saturated heterocycles. The van der Waals surface area contributed by atoms with E-state index in [1.807, 2.05) is 30.3 Å². The van der Waals surface area contributed by atoms with Crippen molar-refractivity contribution in [3.05, 3.63) is 42.0 Å². The fourth-order valence-electron chi connectivity index (χ4n) is 3.53. The molecule has 166 valence electrons. The highest BCUT2D eigenvalue weighted by Gasteiger charge is 2.51. The highest BCUT2D eigenvalue weighted by molar-refractivity contribution is 6.74. The second-order valence-corrected chi connectivity index (χ2v) is 14.6. The summed E-state index contributed by atoms with van der Waals surface area (Å²) < 4.78 is 11.6. The molecule has 1 aliphatic heterocycles. The van der Waals surface area contributed by atoms with Gasteiger partial charge >= 0.3 is 0 Å². The Morgan fingerprint density at radius 2 is 1.90 bits per heavy atom. The van der Waals surface area contributed by atoms with Crippen molar-refractivity contribution in [2.75, 3.05) is 13.7 Å². The zero-order chi connectivity index (χ0) is 22.2. The minimum atomic E-state index is -1.87. The van der Waals surface area contributed by atoms with Crippen molar-refractivity contribution >= 4 is 14.2 Å². The highest BCUT2D eigenvalue weighted by Crippen LogP contribution is 2.41. The van der Waals surface area contributed by atoms with Gasteiger partial charge in [0.25, 0.3) is 5.91 Å². The van der Waals surface area contributed by atoms with Gasteiger partial charge in [-0.2, -0.15) is 0 Å². The molecule has 0 spiro atoms. The van der Waals surface area contributed by atoms with Crippen molar-refractivity contribution in [1.82, 2.24) is 5.06 Å². The fraction of sp³-hybridized carbons (Fsp3) is 0.609. The van der Waals surface area contributed by atoms with Crippen LogP contribution in [-0.4, -0.2) is 49.8 Å². The van der Waals surface area contributed by atoms with Crippen molar-refractivity contribution in [3.8, 4) is 5.75 Å². The lowest BCUT2D eigenvalue weighted by Gasteiger charge is -2.47. The van der Waals surface area contributed by atoms with E-state index in [1.165, 1.54) is 5.06 Å². The summed E-state index contributed by atoms with van der Waals surface area (Å²) in [5, 5.41) is 12.5. The lowest BCUT2D eigenvalue weighted by atomic mass is 9.75. The molecule has 1 aromatic carbocycles. The van der Waals surface area contributed by atoms with Gasteiger partial charge in [0.05, 0.1) is 31.3 Å². The molecule has 7 heteroatoms. The molecule has 30 heavy (non-hydrogen) atoms. The van der Waals surface area contributed by atoms with Crippen molar-refractivity contribution < 1.29 is 23.9 Å². The Bertz CT molecular complexity index is 786. The smallest absolute Gasteiger partial charge is 0.254 e. The number of aliphatic hydroxyl groups is 1. The highest BCUT2D eigenvalue weighted by atomic mass is 28.4. The predicted octanol–water partition coefficient (Wildman–Crippen LogP) is 4.06. The molecule has 3 rings (SSSR count). The number of carbonyl (C=O) groups excluding carboxylic acids is 1. The van der Waals surface area contributed by atoms with E-state index in [1.54, 1.807) is 13.2 Å². The van der Waals surface area contributed by atoms with Gasteiger partial charge in [-0.3, -0.25) is 9.63 Å². The number of hydroxylamine groups is 2. The first-order valence-corrected chi connectivity index (χ1v) is 13.5. The molecular formula is C23H35NO5Si. The van der Waals surface area contributed by atoms with Gasteiger partial charge in [-0.15, -0.1) is 0 Å². The number of methoxy groups -OCH3 is 1. The maximum absolute atomic E-state index is 12.6. The predicted molar refractivity (Wildman–Crippen MR) is 118 cm³/mol. The van der Waals surface area contributed by atoms with E-state index in [4.69, 9.17) is 14.0 Å². The molecule has 1 aromatic rings. The molecular weight excluding hydrogens is 398 g/mol. The number of ether oxygens (including phenoxy) is 1. The minimum absolute atomic E-state index is 0.00349. The molecule has 1 amide bonds. The average Bonchev–Trinajstić information content (AvgIpc) is 2.68. The maximum Gasteiger partial charge on any atom is 0.254 e. The van der Waals surface area contributed by atoms with Crippen molar-refractivity contribution in [2.45, 2.75) is 70.1 Å². The van der Waals surface area contributed by atoms with E-state index in [0.29, 0.717) is 19.6 Å². The molecule has 2 aliphatic rings. The number of carbonyl (C=O) groups is 1. The number of hydrogen-bond donors (Lipinski definition) is 1. The first-order chi connectivity index (χ1) is 13.9. The van der Waals surface area contributed by atoms with E-state index in [2.05, 4.69) is 33.9 Å². The Balaban J connectivity index is 1.52. The lowest BCUT2D eigenvalue weighted by Crippen LogP contribution is -2.62. The molecule has 1 heterocycles. The molecule has 1 fully saturated rings. The van der Waals surface area contributed by atoms with Gasteiger partial charge in [0.1, 0.15) is 12.4 Å². The first-order valence-electron chi connectivity index (χ1n) is 10.6. The number of β-lactam (4-membered cyclic amide) rings is 1. The summed E-state index contributed by atoms with van der Waals surface area (Å²) in [7, 11) is -0.248. The second-order valence-electron chi connectivity index (χ2n) is 9.88. The van der Waals surface area contributed by atoms with Gasteiger partial charge < -0.3 is 14.3 Å². The van der Waals surface area contributed by atoms with E-state index >= 15 is 0 Å². The largest absolute Gasteiger partial charge is 0.497 e. The standard InChI is InChI=1S/C23H35NO5Si/c1-22(2,3)30(5,6)29-19-11-13-23(26,14-12-19)20-15-24(21(20)25)28-16-17-7-9-18(27-4)10-8-17/h7-11,13,19-20,26H,12,14-16H2,1-6H3/t19-,20+,23-/m1/s1. The van der Waals surface area contributed by atoms with Crippen LogP contribution in [-0.2, 0) is 20.7 Å². The van der Waals surface area contributed by atoms with Gasteiger partial charge in [0, 0.05) is 0 Å². The number of rotatable bonds is 7. The van der Waals surface area contributed by atoms with Gasteiger partial charge in [0.2, 0.25) is 0 Å². The molecule has 0 aromatic heterocycles. The van der Waals surface area contributed by atoms with Crippen LogP contribution in [0, 0.1) is 5.92 Å². The topological polar surface area (TPSA) is 68.2 Å². The molecule has 1 N–H and O–H groups in total. The third kappa shape index (κ3) is 4.80. The number of amides is 1. The maximum atomic E-state index is 12.6. The van der Waals surface area contributed by atoms with Crippen LogP contribution < -0.4 is 4.74 Å². The molecule has 3 atom stereocenters. The summed E-state index contributed by atoms with van der Waals surface area (Å²) in [5.41, 5.74) is -0.168. The van der Waals surface area contributed by atoms with Crippen molar-refractivity contribution in [2.24, 2.45) is 5.92 Å². The fourth-order valence-corrected chi connectivity index (χ4v) is 4.84. The first kappa shape index (κ1) is 23.0. The van der Waals surface area contributed by atoms with E-state index in [0.717, 1.165) is 17.7 Å². The van der Waals surface area contributed by atoms with Crippen LogP contribution in [0.2, 0.25) is 18.1 Å². The average molecular weight is 434 g/mol. The van der Waals surface area contributed by atoms with Gasteiger partial charge in [0.15, 0.2) is 8.32 Å². The Morgan fingerprint density at radius 3 is 2.40 bits per heavy atom. The Hall–Kier alpha value is -1.67. The van der Waals surface area contributed by atoms with Gasteiger partial charge in [-0.1, -0.05) is 45.1 Å². The lowest BCUT2D eigenvalue weighted by molar-refractivity contribution is -0.240. The zero-order valence-corrected chi connectivity index (χ0v) is 20.0. The second kappa shape index (κ2) is 8.46. The quantitative estimate of drug-likeness (QED) is 0.399. The third-order valence-electron chi connectivity index (χ3n) is 6.72. The summed E-state index contributed by atoms with van der Waals surface area (Å²) in [6.45, 7) is 11.8. The van der Waals surface area contributed by atoms with Gasteiger partial charge in [-0.25, -0.2) is 5.06 Å². The van der Waals surface area contributed by atoms with Crippen molar-refractivity contribution in [3.63, 3.8) is 0 Å².